The van der Waals surface area contributed by atoms with Crippen LogP contribution in [0.3, 0.4) is 0 Å². The molecule has 7 nitrogen and oxygen atoms in total. The highest BCUT2D eigenvalue weighted by Gasteiger charge is 2.24. The number of carbonyl (C=O) groups excluding carboxylic acids is 1. The molecule has 0 aromatic heterocycles. The Morgan fingerprint density at radius 3 is 2.52 bits per heavy atom. The van der Waals surface area contributed by atoms with E-state index in [1.807, 2.05) is 24.3 Å². The summed E-state index contributed by atoms with van der Waals surface area (Å²) in [5.74, 6) is -0.226. The Kier molecular flexibility index (Phi) is 4.74. The molecular weight excluding hydrogens is 320 g/mol. The van der Waals surface area contributed by atoms with Gasteiger partial charge in [0, 0.05) is 24.3 Å². The lowest BCUT2D eigenvalue weighted by Crippen LogP contribution is -2.36. The number of rotatable bonds is 4. The number of anilines is 3. The predicted molar refractivity (Wildman–Crippen MR) is 97.0 cm³/mol. The van der Waals surface area contributed by atoms with E-state index < -0.39 is 6.09 Å². The van der Waals surface area contributed by atoms with Gasteiger partial charge in [0.15, 0.2) is 0 Å². The van der Waals surface area contributed by atoms with Crippen LogP contribution in [0.5, 0.6) is 0 Å². The molecule has 25 heavy (non-hydrogen) atoms. The van der Waals surface area contributed by atoms with Crippen molar-refractivity contribution in [3.63, 3.8) is 0 Å². The van der Waals surface area contributed by atoms with Crippen molar-refractivity contribution in [2.75, 3.05) is 29.0 Å². The minimum absolute atomic E-state index is 0.0680. The van der Waals surface area contributed by atoms with E-state index in [2.05, 4.69) is 15.5 Å². The second-order valence-corrected chi connectivity index (χ2v) is 5.97. The first-order valence-electron chi connectivity index (χ1n) is 8.03. The monoisotopic (exact) mass is 340 g/mol. The summed E-state index contributed by atoms with van der Waals surface area (Å²) in [7, 11) is 0. The molecule has 3 rings (SSSR count). The number of carbonyl (C=O) groups is 2. The van der Waals surface area contributed by atoms with Gasteiger partial charge < -0.3 is 26.4 Å². The third kappa shape index (κ3) is 4.00. The molecule has 1 fully saturated rings. The van der Waals surface area contributed by atoms with Crippen LogP contribution >= 0.6 is 0 Å². The summed E-state index contributed by atoms with van der Waals surface area (Å²) in [6.45, 7) is 1.40. The van der Waals surface area contributed by atoms with Crippen molar-refractivity contribution in [2.24, 2.45) is 0 Å². The van der Waals surface area contributed by atoms with Crippen LogP contribution in [-0.4, -0.2) is 36.2 Å². The average Bonchev–Trinajstić information content (AvgIpc) is 3.05. The maximum Gasteiger partial charge on any atom is 0.404 e. The first kappa shape index (κ1) is 16.6. The first-order chi connectivity index (χ1) is 12.0. The standard InChI is InChI=1S/C18H20N4O3/c19-15-3-1-2-4-16(15)21-17(23)12-5-7-14(8-6-12)22-10-9-13(11-22)20-18(24)25/h1-8,13,20H,9-11,19H2,(H,21,23)(H,24,25)/t13-/m0/s1. The maximum absolute atomic E-state index is 12.3. The van der Waals surface area contributed by atoms with Gasteiger partial charge in [-0.05, 0) is 42.8 Å². The zero-order valence-electron chi connectivity index (χ0n) is 13.6. The topological polar surface area (TPSA) is 108 Å². The Labute approximate surface area is 145 Å². The Balaban J connectivity index is 1.63. The summed E-state index contributed by atoms with van der Waals surface area (Å²) in [6.07, 6.45) is -0.235. The van der Waals surface area contributed by atoms with Crippen LogP contribution in [0, 0.1) is 0 Å². The lowest BCUT2D eigenvalue weighted by Gasteiger charge is -2.19. The van der Waals surface area contributed by atoms with Crippen LogP contribution in [0.4, 0.5) is 21.9 Å². The van der Waals surface area contributed by atoms with E-state index in [1.165, 1.54) is 0 Å². The predicted octanol–water partition coefficient (Wildman–Crippen LogP) is 2.37. The van der Waals surface area contributed by atoms with Crippen LogP contribution in [0.1, 0.15) is 16.8 Å². The van der Waals surface area contributed by atoms with Gasteiger partial charge in [0.25, 0.3) is 5.91 Å². The van der Waals surface area contributed by atoms with Gasteiger partial charge in [-0.1, -0.05) is 12.1 Å². The third-order valence-electron chi connectivity index (χ3n) is 4.22. The third-order valence-corrected chi connectivity index (χ3v) is 4.22. The van der Waals surface area contributed by atoms with Gasteiger partial charge in [-0.2, -0.15) is 0 Å². The number of nitrogen functional groups attached to an aromatic ring is 1. The van der Waals surface area contributed by atoms with Gasteiger partial charge in [0.1, 0.15) is 0 Å². The van der Waals surface area contributed by atoms with Crippen molar-refractivity contribution in [1.29, 1.82) is 0 Å². The molecule has 1 saturated heterocycles. The molecule has 0 radical (unpaired) electrons. The fourth-order valence-corrected chi connectivity index (χ4v) is 2.92. The summed E-state index contributed by atoms with van der Waals surface area (Å²) < 4.78 is 0. The van der Waals surface area contributed by atoms with Crippen molar-refractivity contribution in [2.45, 2.75) is 12.5 Å². The molecule has 7 heteroatoms. The highest BCUT2D eigenvalue weighted by Crippen LogP contribution is 2.22. The Morgan fingerprint density at radius 1 is 1.12 bits per heavy atom. The largest absolute Gasteiger partial charge is 0.465 e. The first-order valence-corrected chi connectivity index (χ1v) is 8.03. The average molecular weight is 340 g/mol. The second-order valence-electron chi connectivity index (χ2n) is 5.97. The summed E-state index contributed by atoms with van der Waals surface area (Å²) in [5, 5.41) is 14.1. The number of nitrogens with zero attached hydrogens (tertiary/aromatic N) is 1. The molecule has 2 aromatic carbocycles. The molecule has 0 aliphatic carbocycles. The normalized spacial score (nSPS) is 16.5. The van der Waals surface area contributed by atoms with Gasteiger partial charge in [-0.25, -0.2) is 4.79 Å². The summed E-state index contributed by atoms with van der Waals surface area (Å²) in [6, 6.07) is 14.3. The van der Waals surface area contributed by atoms with Crippen molar-refractivity contribution < 1.29 is 14.7 Å². The van der Waals surface area contributed by atoms with E-state index in [0.717, 1.165) is 18.7 Å². The highest BCUT2D eigenvalue weighted by atomic mass is 16.4. The van der Waals surface area contributed by atoms with Crippen LogP contribution < -0.4 is 21.3 Å². The molecule has 1 aliphatic heterocycles. The van der Waals surface area contributed by atoms with E-state index in [0.29, 0.717) is 23.5 Å². The quantitative estimate of drug-likeness (QED) is 0.639. The zero-order valence-corrected chi connectivity index (χ0v) is 13.6. The Morgan fingerprint density at radius 2 is 1.84 bits per heavy atom. The summed E-state index contributed by atoms with van der Waals surface area (Å²) >= 11 is 0. The minimum Gasteiger partial charge on any atom is -0.465 e. The van der Waals surface area contributed by atoms with E-state index in [-0.39, 0.29) is 11.9 Å². The molecule has 2 aromatic rings. The van der Waals surface area contributed by atoms with Gasteiger partial charge in [0.2, 0.25) is 0 Å². The molecule has 2 amide bonds. The second kappa shape index (κ2) is 7.12. The van der Waals surface area contributed by atoms with Crippen molar-refractivity contribution >= 4 is 29.1 Å². The number of hydrogen-bond donors (Lipinski definition) is 4. The zero-order chi connectivity index (χ0) is 17.8. The lowest BCUT2D eigenvalue weighted by molar-refractivity contribution is 0.102. The number of benzene rings is 2. The SMILES string of the molecule is Nc1ccccc1NC(=O)c1ccc(N2CC[C@H](NC(=O)O)C2)cc1. The maximum atomic E-state index is 12.3. The Bertz CT molecular complexity index is 776. The fourth-order valence-electron chi connectivity index (χ4n) is 2.92. The molecule has 0 saturated carbocycles. The molecule has 0 unspecified atom stereocenters. The molecular formula is C18H20N4O3. The van der Waals surface area contributed by atoms with Gasteiger partial charge in [-0.3, -0.25) is 4.79 Å². The highest BCUT2D eigenvalue weighted by molar-refractivity contribution is 6.05. The van der Waals surface area contributed by atoms with Gasteiger partial charge in [0.05, 0.1) is 17.4 Å². The number of nitrogens with two attached hydrogens (primary N) is 1. The van der Waals surface area contributed by atoms with E-state index in [1.54, 1.807) is 24.3 Å². The number of nitrogens with one attached hydrogen (secondary N) is 2. The van der Waals surface area contributed by atoms with Crippen LogP contribution in [0.25, 0.3) is 0 Å². The van der Waals surface area contributed by atoms with Crippen molar-refractivity contribution in [3.8, 4) is 0 Å². The molecule has 1 heterocycles. The number of hydrogen-bond acceptors (Lipinski definition) is 4. The molecule has 1 atom stereocenters. The number of para-hydroxylation sites is 2. The van der Waals surface area contributed by atoms with Crippen molar-refractivity contribution in [3.05, 3.63) is 54.1 Å². The number of amides is 2. The summed E-state index contributed by atoms with van der Waals surface area (Å²) in [4.78, 5) is 25.1. The smallest absolute Gasteiger partial charge is 0.404 e. The molecule has 130 valence electrons. The van der Waals surface area contributed by atoms with E-state index in [4.69, 9.17) is 10.8 Å². The van der Waals surface area contributed by atoms with Gasteiger partial charge in [-0.15, -0.1) is 0 Å². The van der Waals surface area contributed by atoms with E-state index >= 15 is 0 Å². The van der Waals surface area contributed by atoms with E-state index in [9.17, 15) is 9.59 Å². The lowest BCUT2D eigenvalue weighted by atomic mass is 10.1. The number of carboxylic acid groups (broad SMARTS) is 1. The van der Waals surface area contributed by atoms with Gasteiger partial charge >= 0.3 is 6.09 Å². The fraction of sp³-hybridized carbons (Fsp3) is 0.222. The molecule has 0 spiro atoms. The minimum atomic E-state index is -1.00. The van der Waals surface area contributed by atoms with Crippen LogP contribution in [-0.2, 0) is 0 Å². The van der Waals surface area contributed by atoms with Crippen LogP contribution in [0.2, 0.25) is 0 Å². The Hall–Kier alpha value is -3.22. The van der Waals surface area contributed by atoms with Crippen molar-refractivity contribution in [1.82, 2.24) is 5.32 Å². The summed E-state index contributed by atoms with van der Waals surface area (Å²) in [5.41, 5.74) is 8.43. The molecule has 0 bridgehead atoms. The van der Waals surface area contributed by atoms with Crippen LogP contribution in [0.15, 0.2) is 48.5 Å². The molecule has 1 aliphatic rings. The molecule has 5 N–H and O–H groups in total.